The normalized spacial score (nSPS) is 31.5. The predicted octanol–water partition coefficient (Wildman–Crippen LogP) is 1.79. The first-order valence-corrected chi connectivity index (χ1v) is 6.45. The van der Waals surface area contributed by atoms with Gasteiger partial charge in [0.15, 0.2) is 0 Å². The standard InChI is InChI=1S/C12H16ClN3O/c13-10-2-4-16(7-10)12(17)14-11-5-9-1-3-15(6-9)8-11/h2,4,7,9,11H,1,3,5-6,8H2,(H,14,17)/t9-,11-/m1/s1. The molecule has 1 aromatic heterocycles. The van der Waals surface area contributed by atoms with E-state index in [9.17, 15) is 4.79 Å². The third kappa shape index (κ3) is 2.33. The Kier molecular flexibility index (Phi) is 2.84. The zero-order valence-corrected chi connectivity index (χ0v) is 10.4. The SMILES string of the molecule is O=C(N[C@@H]1C[C@H]2CCN(C2)C1)n1ccc(Cl)c1. The summed E-state index contributed by atoms with van der Waals surface area (Å²) < 4.78 is 1.51. The fourth-order valence-corrected chi connectivity index (χ4v) is 3.07. The molecule has 1 unspecified atom stereocenters. The number of rotatable bonds is 1. The van der Waals surface area contributed by atoms with E-state index < -0.39 is 0 Å². The van der Waals surface area contributed by atoms with Crippen molar-refractivity contribution in [2.45, 2.75) is 18.9 Å². The minimum absolute atomic E-state index is 0.0793. The maximum absolute atomic E-state index is 11.9. The zero-order chi connectivity index (χ0) is 11.8. The number of piperidine rings is 1. The van der Waals surface area contributed by atoms with Gasteiger partial charge < -0.3 is 10.2 Å². The Hall–Kier alpha value is -1.00. The lowest BCUT2D eigenvalue weighted by Gasteiger charge is -2.30. The maximum Gasteiger partial charge on any atom is 0.325 e. The highest BCUT2D eigenvalue weighted by atomic mass is 35.5. The van der Waals surface area contributed by atoms with Crippen molar-refractivity contribution in [1.82, 2.24) is 14.8 Å². The van der Waals surface area contributed by atoms with Gasteiger partial charge in [-0.2, -0.15) is 0 Å². The van der Waals surface area contributed by atoms with Gasteiger partial charge in [0, 0.05) is 31.5 Å². The number of hydrogen-bond acceptors (Lipinski definition) is 2. The van der Waals surface area contributed by atoms with Crippen LogP contribution >= 0.6 is 11.6 Å². The quantitative estimate of drug-likeness (QED) is 0.829. The van der Waals surface area contributed by atoms with Crippen molar-refractivity contribution in [3.8, 4) is 0 Å². The Morgan fingerprint density at radius 3 is 3.06 bits per heavy atom. The van der Waals surface area contributed by atoms with E-state index >= 15 is 0 Å². The molecule has 0 spiro atoms. The van der Waals surface area contributed by atoms with E-state index in [0.29, 0.717) is 5.02 Å². The lowest BCUT2D eigenvalue weighted by atomic mass is 9.97. The Bertz CT molecular complexity index is 419. The molecule has 0 radical (unpaired) electrons. The largest absolute Gasteiger partial charge is 0.333 e. The van der Waals surface area contributed by atoms with Gasteiger partial charge in [0.2, 0.25) is 0 Å². The van der Waals surface area contributed by atoms with Gasteiger partial charge >= 0.3 is 6.03 Å². The van der Waals surface area contributed by atoms with Crippen LogP contribution in [-0.4, -0.2) is 41.2 Å². The molecule has 5 heteroatoms. The Morgan fingerprint density at radius 1 is 1.47 bits per heavy atom. The minimum atomic E-state index is -0.0793. The van der Waals surface area contributed by atoms with Crippen molar-refractivity contribution in [2.75, 3.05) is 19.6 Å². The molecule has 2 aliphatic rings. The number of halogens is 1. The highest BCUT2D eigenvalue weighted by Crippen LogP contribution is 2.26. The van der Waals surface area contributed by atoms with E-state index in [1.165, 1.54) is 24.1 Å². The summed E-state index contributed by atoms with van der Waals surface area (Å²) in [6.45, 7) is 3.38. The van der Waals surface area contributed by atoms with E-state index in [1.807, 2.05) is 0 Å². The summed E-state index contributed by atoms with van der Waals surface area (Å²) in [5.41, 5.74) is 0. The van der Waals surface area contributed by atoms with Crippen molar-refractivity contribution >= 4 is 17.6 Å². The summed E-state index contributed by atoms with van der Waals surface area (Å²) in [5.74, 6) is 0.766. The smallest absolute Gasteiger partial charge is 0.325 e. The molecule has 2 bridgehead atoms. The molecule has 2 aliphatic heterocycles. The van der Waals surface area contributed by atoms with Gasteiger partial charge in [-0.15, -0.1) is 0 Å². The van der Waals surface area contributed by atoms with Gasteiger partial charge in [-0.1, -0.05) is 11.6 Å². The fraction of sp³-hybridized carbons (Fsp3) is 0.583. The first kappa shape index (κ1) is 11.1. The van der Waals surface area contributed by atoms with E-state index in [4.69, 9.17) is 11.6 Å². The van der Waals surface area contributed by atoms with Crippen LogP contribution in [-0.2, 0) is 0 Å². The fourth-order valence-electron chi connectivity index (χ4n) is 2.91. The highest BCUT2D eigenvalue weighted by molar-refractivity contribution is 6.30. The Balaban J connectivity index is 1.62. The van der Waals surface area contributed by atoms with E-state index in [1.54, 1.807) is 18.5 Å². The summed E-state index contributed by atoms with van der Waals surface area (Å²) in [4.78, 5) is 14.4. The van der Waals surface area contributed by atoms with Gasteiger partial charge in [-0.3, -0.25) is 4.57 Å². The molecular formula is C12H16ClN3O. The Morgan fingerprint density at radius 2 is 2.35 bits per heavy atom. The second-order valence-electron chi connectivity index (χ2n) is 5.03. The van der Waals surface area contributed by atoms with Crippen LogP contribution in [0.15, 0.2) is 18.5 Å². The predicted molar refractivity (Wildman–Crippen MR) is 66.3 cm³/mol. The molecule has 3 rings (SSSR count). The minimum Gasteiger partial charge on any atom is -0.333 e. The van der Waals surface area contributed by atoms with E-state index in [0.717, 1.165) is 18.9 Å². The molecule has 17 heavy (non-hydrogen) atoms. The van der Waals surface area contributed by atoms with Crippen molar-refractivity contribution in [3.05, 3.63) is 23.5 Å². The Labute approximate surface area is 106 Å². The third-order valence-corrected chi connectivity index (χ3v) is 3.91. The molecule has 1 N–H and O–H groups in total. The van der Waals surface area contributed by atoms with Gasteiger partial charge in [0.05, 0.1) is 5.02 Å². The van der Waals surface area contributed by atoms with Crippen LogP contribution < -0.4 is 5.32 Å². The number of carbonyl (C=O) groups is 1. The topological polar surface area (TPSA) is 37.3 Å². The molecule has 2 fully saturated rings. The van der Waals surface area contributed by atoms with Crippen LogP contribution in [0.4, 0.5) is 4.79 Å². The second kappa shape index (κ2) is 4.35. The van der Waals surface area contributed by atoms with Crippen LogP contribution in [0.1, 0.15) is 12.8 Å². The summed E-state index contributed by atoms with van der Waals surface area (Å²) in [6, 6.07) is 1.92. The molecule has 0 saturated carbocycles. The number of amides is 1. The zero-order valence-electron chi connectivity index (χ0n) is 9.60. The van der Waals surface area contributed by atoms with Gasteiger partial charge in [0.25, 0.3) is 0 Å². The number of aromatic nitrogens is 1. The summed E-state index contributed by atoms with van der Waals surface area (Å²) >= 11 is 5.79. The molecule has 0 aromatic carbocycles. The lowest BCUT2D eigenvalue weighted by molar-refractivity contribution is 0.206. The second-order valence-corrected chi connectivity index (χ2v) is 5.47. The number of hydrogen-bond donors (Lipinski definition) is 1. The van der Waals surface area contributed by atoms with Crippen LogP contribution in [0.3, 0.4) is 0 Å². The van der Waals surface area contributed by atoms with Crippen molar-refractivity contribution in [3.63, 3.8) is 0 Å². The molecule has 1 amide bonds. The summed E-state index contributed by atoms with van der Waals surface area (Å²) in [6.07, 6.45) is 5.71. The molecule has 92 valence electrons. The summed E-state index contributed by atoms with van der Waals surface area (Å²) in [7, 11) is 0. The highest BCUT2D eigenvalue weighted by Gasteiger charge is 2.32. The van der Waals surface area contributed by atoms with E-state index in [-0.39, 0.29) is 12.1 Å². The molecule has 4 nitrogen and oxygen atoms in total. The number of nitrogens with zero attached hydrogens (tertiary/aromatic N) is 2. The number of nitrogens with one attached hydrogen (secondary N) is 1. The maximum atomic E-state index is 11.9. The van der Waals surface area contributed by atoms with Crippen LogP contribution in [0, 0.1) is 5.92 Å². The first-order valence-electron chi connectivity index (χ1n) is 6.07. The van der Waals surface area contributed by atoms with Crippen molar-refractivity contribution < 1.29 is 4.79 Å². The van der Waals surface area contributed by atoms with Crippen molar-refractivity contribution in [2.24, 2.45) is 5.92 Å². The average Bonchev–Trinajstić information content (AvgIpc) is 2.85. The summed E-state index contributed by atoms with van der Waals surface area (Å²) in [5, 5.41) is 3.66. The van der Waals surface area contributed by atoms with E-state index in [2.05, 4.69) is 10.2 Å². The number of fused-ring (bicyclic) bond motifs is 2. The molecule has 1 aromatic rings. The monoisotopic (exact) mass is 253 g/mol. The molecule has 0 aliphatic carbocycles. The van der Waals surface area contributed by atoms with Crippen molar-refractivity contribution in [1.29, 1.82) is 0 Å². The third-order valence-electron chi connectivity index (χ3n) is 3.69. The molecular weight excluding hydrogens is 238 g/mol. The molecule has 3 atom stereocenters. The number of carbonyl (C=O) groups excluding carboxylic acids is 1. The lowest BCUT2D eigenvalue weighted by Crippen LogP contribution is -2.47. The van der Waals surface area contributed by atoms with Crippen LogP contribution in [0.2, 0.25) is 5.02 Å². The van der Waals surface area contributed by atoms with Crippen LogP contribution in [0.25, 0.3) is 0 Å². The van der Waals surface area contributed by atoms with Gasteiger partial charge in [0.1, 0.15) is 0 Å². The molecule has 3 heterocycles. The van der Waals surface area contributed by atoms with Gasteiger partial charge in [-0.05, 0) is 31.4 Å². The van der Waals surface area contributed by atoms with Crippen LogP contribution in [0.5, 0.6) is 0 Å². The molecule has 2 saturated heterocycles. The first-order chi connectivity index (χ1) is 8.20. The van der Waals surface area contributed by atoms with Gasteiger partial charge in [-0.25, -0.2) is 4.79 Å². The average molecular weight is 254 g/mol.